The van der Waals surface area contributed by atoms with E-state index in [9.17, 15) is 9.90 Å². The molecule has 2 rings (SSSR count). The highest BCUT2D eigenvalue weighted by Crippen LogP contribution is 2.22. The number of carbonyl (C=O) groups excluding carboxylic acids is 1. The Labute approximate surface area is 118 Å². The summed E-state index contributed by atoms with van der Waals surface area (Å²) in [6.45, 7) is 0. The number of aliphatic hydroxyl groups excluding tert-OH is 1. The molecule has 3 heteroatoms. The van der Waals surface area contributed by atoms with Crippen LogP contribution >= 0.6 is 0 Å². The van der Waals surface area contributed by atoms with Gasteiger partial charge < -0.3 is 9.84 Å². The second-order valence-electron chi connectivity index (χ2n) is 4.63. The van der Waals surface area contributed by atoms with Crippen molar-refractivity contribution in [3.63, 3.8) is 0 Å². The van der Waals surface area contributed by atoms with Crippen LogP contribution in [0.15, 0.2) is 54.6 Å². The molecule has 2 aromatic rings. The highest BCUT2D eigenvalue weighted by molar-refractivity contribution is 5.69. The smallest absolute Gasteiger partial charge is 0.305 e. The minimum absolute atomic E-state index is 0.210. The molecule has 0 heterocycles. The SMILES string of the molecule is COC(=O)CCc1ccc(C(O)c2ccccc2)cc1. The maximum absolute atomic E-state index is 11.1. The van der Waals surface area contributed by atoms with Gasteiger partial charge in [0.1, 0.15) is 6.10 Å². The molecule has 0 saturated heterocycles. The average Bonchev–Trinajstić information content (AvgIpc) is 2.53. The molecule has 0 aliphatic rings. The zero-order valence-electron chi connectivity index (χ0n) is 11.5. The molecule has 20 heavy (non-hydrogen) atoms. The van der Waals surface area contributed by atoms with Crippen LogP contribution in [0.3, 0.4) is 0 Å². The van der Waals surface area contributed by atoms with E-state index in [0.29, 0.717) is 12.8 Å². The molecular weight excluding hydrogens is 252 g/mol. The maximum Gasteiger partial charge on any atom is 0.305 e. The normalized spacial score (nSPS) is 11.9. The second kappa shape index (κ2) is 6.87. The molecule has 1 atom stereocenters. The van der Waals surface area contributed by atoms with Crippen LogP contribution in [-0.4, -0.2) is 18.2 Å². The van der Waals surface area contributed by atoms with Crippen LogP contribution in [0.25, 0.3) is 0 Å². The molecule has 0 fully saturated rings. The van der Waals surface area contributed by atoms with Crippen molar-refractivity contribution in [2.24, 2.45) is 0 Å². The molecule has 0 bridgehead atoms. The van der Waals surface area contributed by atoms with Crippen LogP contribution in [0, 0.1) is 0 Å². The van der Waals surface area contributed by atoms with Crippen molar-refractivity contribution >= 4 is 5.97 Å². The lowest BCUT2D eigenvalue weighted by Gasteiger charge is -2.12. The van der Waals surface area contributed by atoms with E-state index < -0.39 is 6.10 Å². The van der Waals surface area contributed by atoms with Gasteiger partial charge in [-0.05, 0) is 23.1 Å². The molecule has 0 amide bonds. The Morgan fingerprint density at radius 1 is 1.05 bits per heavy atom. The van der Waals surface area contributed by atoms with Crippen LogP contribution in [-0.2, 0) is 16.0 Å². The van der Waals surface area contributed by atoms with Gasteiger partial charge in [0.15, 0.2) is 0 Å². The standard InChI is InChI=1S/C17H18O3/c1-20-16(18)12-9-13-7-10-15(11-8-13)17(19)14-5-3-2-4-6-14/h2-8,10-11,17,19H,9,12H2,1H3. The Balaban J connectivity index is 2.03. The molecule has 3 nitrogen and oxygen atoms in total. The maximum atomic E-state index is 11.1. The number of rotatable bonds is 5. The first-order valence-corrected chi connectivity index (χ1v) is 6.59. The fourth-order valence-corrected chi connectivity index (χ4v) is 2.04. The monoisotopic (exact) mass is 270 g/mol. The topological polar surface area (TPSA) is 46.5 Å². The van der Waals surface area contributed by atoms with Gasteiger partial charge in [-0.2, -0.15) is 0 Å². The third-order valence-electron chi connectivity index (χ3n) is 3.26. The van der Waals surface area contributed by atoms with Gasteiger partial charge in [-0.15, -0.1) is 0 Å². The quantitative estimate of drug-likeness (QED) is 0.850. The number of methoxy groups -OCH3 is 1. The molecule has 0 aliphatic heterocycles. The number of ether oxygens (including phenoxy) is 1. The van der Waals surface area contributed by atoms with E-state index in [1.54, 1.807) is 0 Å². The van der Waals surface area contributed by atoms with Crippen LogP contribution in [0.5, 0.6) is 0 Å². The van der Waals surface area contributed by atoms with E-state index in [1.807, 2.05) is 54.6 Å². The van der Waals surface area contributed by atoms with Crippen molar-refractivity contribution in [1.82, 2.24) is 0 Å². The van der Waals surface area contributed by atoms with Gasteiger partial charge in [0.25, 0.3) is 0 Å². The number of aliphatic hydroxyl groups is 1. The van der Waals surface area contributed by atoms with Crippen LogP contribution in [0.2, 0.25) is 0 Å². The summed E-state index contributed by atoms with van der Waals surface area (Å²) in [6.07, 6.45) is 0.400. The molecule has 1 unspecified atom stereocenters. The summed E-state index contributed by atoms with van der Waals surface area (Å²) in [6, 6.07) is 17.2. The van der Waals surface area contributed by atoms with Gasteiger partial charge in [0, 0.05) is 6.42 Å². The molecule has 0 saturated carbocycles. The molecule has 0 aliphatic carbocycles. The Bertz CT molecular complexity index is 546. The summed E-state index contributed by atoms with van der Waals surface area (Å²) in [4.78, 5) is 11.1. The molecule has 0 aromatic heterocycles. The summed E-state index contributed by atoms with van der Waals surface area (Å²) in [7, 11) is 1.39. The van der Waals surface area contributed by atoms with Gasteiger partial charge in [-0.3, -0.25) is 4.79 Å². The third-order valence-corrected chi connectivity index (χ3v) is 3.26. The first-order valence-electron chi connectivity index (χ1n) is 6.59. The number of aryl methyl sites for hydroxylation is 1. The first-order chi connectivity index (χ1) is 9.70. The zero-order valence-corrected chi connectivity index (χ0v) is 11.5. The Kier molecular flexibility index (Phi) is 4.91. The van der Waals surface area contributed by atoms with Gasteiger partial charge in [0.05, 0.1) is 7.11 Å². The molecule has 104 valence electrons. The number of benzene rings is 2. The fraction of sp³-hybridized carbons (Fsp3) is 0.235. The van der Waals surface area contributed by atoms with Crippen molar-refractivity contribution in [2.75, 3.05) is 7.11 Å². The number of carbonyl (C=O) groups is 1. The fourth-order valence-electron chi connectivity index (χ4n) is 2.04. The summed E-state index contributed by atoms with van der Waals surface area (Å²) >= 11 is 0. The van der Waals surface area contributed by atoms with Crippen molar-refractivity contribution in [2.45, 2.75) is 18.9 Å². The van der Waals surface area contributed by atoms with Crippen LogP contribution < -0.4 is 0 Å². The van der Waals surface area contributed by atoms with Gasteiger partial charge in [-0.1, -0.05) is 54.6 Å². The summed E-state index contributed by atoms with van der Waals surface area (Å²) in [5.41, 5.74) is 2.77. The van der Waals surface area contributed by atoms with Crippen molar-refractivity contribution < 1.29 is 14.6 Å². The number of hydrogen-bond donors (Lipinski definition) is 1. The highest BCUT2D eigenvalue weighted by Gasteiger charge is 2.09. The van der Waals surface area contributed by atoms with E-state index in [2.05, 4.69) is 4.74 Å². The summed E-state index contributed by atoms with van der Waals surface area (Å²) in [5, 5.41) is 10.3. The van der Waals surface area contributed by atoms with E-state index in [1.165, 1.54) is 7.11 Å². The van der Waals surface area contributed by atoms with E-state index in [-0.39, 0.29) is 5.97 Å². The lowest BCUT2D eigenvalue weighted by molar-refractivity contribution is -0.140. The molecule has 0 spiro atoms. The average molecular weight is 270 g/mol. The first kappa shape index (κ1) is 14.3. The Hall–Kier alpha value is -2.13. The van der Waals surface area contributed by atoms with Crippen molar-refractivity contribution in [3.05, 3.63) is 71.3 Å². The van der Waals surface area contributed by atoms with Crippen molar-refractivity contribution in [1.29, 1.82) is 0 Å². The van der Waals surface area contributed by atoms with E-state index in [4.69, 9.17) is 0 Å². The molecular formula is C17H18O3. The highest BCUT2D eigenvalue weighted by atomic mass is 16.5. The third kappa shape index (κ3) is 3.68. The Morgan fingerprint density at radius 3 is 2.25 bits per heavy atom. The Morgan fingerprint density at radius 2 is 1.65 bits per heavy atom. The lowest BCUT2D eigenvalue weighted by Crippen LogP contribution is -2.02. The van der Waals surface area contributed by atoms with Crippen LogP contribution in [0.1, 0.15) is 29.2 Å². The predicted molar refractivity (Wildman–Crippen MR) is 77.3 cm³/mol. The zero-order chi connectivity index (χ0) is 14.4. The van der Waals surface area contributed by atoms with Crippen LogP contribution in [0.4, 0.5) is 0 Å². The lowest BCUT2D eigenvalue weighted by atomic mass is 9.99. The molecule has 0 radical (unpaired) electrons. The van der Waals surface area contributed by atoms with Gasteiger partial charge in [0.2, 0.25) is 0 Å². The predicted octanol–water partition coefficient (Wildman–Crippen LogP) is 2.87. The number of esters is 1. The number of hydrogen-bond acceptors (Lipinski definition) is 3. The van der Waals surface area contributed by atoms with E-state index >= 15 is 0 Å². The van der Waals surface area contributed by atoms with Crippen molar-refractivity contribution in [3.8, 4) is 0 Å². The minimum Gasteiger partial charge on any atom is -0.469 e. The van der Waals surface area contributed by atoms with E-state index in [0.717, 1.165) is 16.7 Å². The minimum atomic E-state index is -0.620. The largest absolute Gasteiger partial charge is 0.469 e. The molecule has 1 N–H and O–H groups in total. The van der Waals surface area contributed by atoms with Gasteiger partial charge >= 0.3 is 5.97 Å². The second-order valence-corrected chi connectivity index (χ2v) is 4.63. The van der Waals surface area contributed by atoms with Gasteiger partial charge in [-0.25, -0.2) is 0 Å². The summed E-state index contributed by atoms with van der Waals surface area (Å²) < 4.78 is 4.61. The molecule has 2 aromatic carbocycles. The summed E-state index contributed by atoms with van der Waals surface area (Å²) in [5.74, 6) is -0.210.